The molecule has 0 heterocycles. The number of rotatable bonds is 8. The van der Waals surface area contributed by atoms with Crippen molar-refractivity contribution >= 4 is 35.0 Å². The molecule has 2 rings (SSSR count). The van der Waals surface area contributed by atoms with E-state index in [-0.39, 0.29) is 11.3 Å². The summed E-state index contributed by atoms with van der Waals surface area (Å²) in [6.07, 6.45) is 1.75. The Morgan fingerprint density at radius 1 is 1.19 bits per heavy atom. The van der Waals surface area contributed by atoms with Crippen LogP contribution in [0.15, 0.2) is 66.1 Å². The number of hydrogen-bond donors (Lipinski definition) is 1. The van der Waals surface area contributed by atoms with Crippen molar-refractivity contribution in [3.8, 4) is 0 Å². The van der Waals surface area contributed by atoms with Gasteiger partial charge in [-0.25, -0.2) is 4.79 Å². The molecule has 7 nitrogen and oxygen atoms in total. The molecule has 134 valence electrons. The quantitative estimate of drug-likeness (QED) is 0.250. The largest absolute Gasteiger partial charge is 0.452 e. The summed E-state index contributed by atoms with van der Waals surface area (Å²) in [7, 11) is 0. The second kappa shape index (κ2) is 9.38. The van der Waals surface area contributed by atoms with Crippen LogP contribution in [0.25, 0.3) is 0 Å². The Labute approximate surface area is 154 Å². The lowest BCUT2D eigenvalue weighted by molar-refractivity contribution is -0.385. The average Bonchev–Trinajstić information content (AvgIpc) is 2.65. The van der Waals surface area contributed by atoms with Gasteiger partial charge in [0.1, 0.15) is 5.56 Å². The van der Waals surface area contributed by atoms with Crippen LogP contribution in [0.2, 0.25) is 0 Å². The summed E-state index contributed by atoms with van der Waals surface area (Å²) in [4.78, 5) is 35.2. The van der Waals surface area contributed by atoms with E-state index in [0.717, 1.165) is 4.90 Å². The van der Waals surface area contributed by atoms with Crippen molar-refractivity contribution in [3.05, 3.63) is 76.9 Å². The highest BCUT2D eigenvalue weighted by Gasteiger charge is 2.21. The van der Waals surface area contributed by atoms with Gasteiger partial charge in [-0.3, -0.25) is 14.9 Å². The van der Waals surface area contributed by atoms with Gasteiger partial charge in [0, 0.05) is 16.7 Å². The van der Waals surface area contributed by atoms with E-state index in [4.69, 9.17) is 4.74 Å². The van der Waals surface area contributed by atoms with Crippen LogP contribution in [0.1, 0.15) is 10.4 Å². The number of hydrogen-bond acceptors (Lipinski definition) is 6. The summed E-state index contributed by atoms with van der Waals surface area (Å²) >= 11 is 1.50. The Bertz CT molecular complexity index is 838. The molecule has 1 amide bonds. The summed E-state index contributed by atoms with van der Waals surface area (Å²) in [5.74, 6) is -0.787. The van der Waals surface area contributed by atoms with Crippen molar-refractivity contribution in [3.63, 3.8) is 0 Å². The lowest BCUT2D eigenvalue weighted by Gasteiger charge is -2.10. The van der Waals surface area contributed by atoms with E-state index in [9.17, 15) is 19.7 Å². The monoisotopic (exact) mass is 372 g/mol. The number of thioether (sulfide) groups is 1. The summed E-state index contributed by atoms with van der Waals surface area (Å²) in [6, 6.07) is 12.6. The summed E-state index contributed by atoms with van der Waals surface area (Å²) in [5.41, 5.74) is 0.0161. The predicted octanol–water partition coefficient (Wildman–Crippen LogP) is 3.67. The first-order chi connectivity index (χ1) is 12.5. The van der Waals surface area contributed by atoms with Gasteiger partial charge < -0.3 is 10.1 Å². The average molecular weight is 372 g/mol. The normalized spacial score (nSPS) is 10.0. The van der Waals surface area contributed by atoms with Gasteiger partial charge in [0.05, 0.1) is 10.6 Å². The van der Waals surface area contributed by atoms with E-state index >= 15 is 0 Å². The van der Waals surface area contributed by atoms with Crippen molar-refractivity contribution in [1.82, 2.24) is 0 Å². The van der Waals surface area contributed by atoms with Gasteiger partial charge in [-0.15, -0.1) is 18.3 Å². The first-order valence-electron chi connectivity index (χ1n) is 7.56. The van der Waals surface area contributed by atoms with Gasteiger partial charge in [0.15, 0.2) is 6.61 Å². The molecule has 0 aliphatic heterocycles. The molecular weight excluding hydrogens is 356 g/mol. The third-order valence-corrected chi connectivity index (χ3v) is 4.24. The fraction of sp³-hybridized carbons (Fsp3) is 0.111. The molecule has 0 aliphatic carbocycles. The number of para-hydroxylation sites is 2. The molecule has 2 aromatic rings. The van der Waals surface area contributed by atoms with E-state index in [0.29, 0.717) is 11.4 Å². The Morgan fingerprint density at radius 2 is 1.88 bits per heavy atom. The molecule has 0 atom stereocenters. The number of anilines is 1. The number of carbonyl (C=O) groups excluding carboxylic acids is 2. The maximum atomic E-state index is 12.0. The molecule has 0 radical (unpaired) electrons. The van der Waals surface area contributed by atoms with Gasteiger partial charge in [-0.05, 0) is 18.2 Å². The predicted molar refractivity (Wildman–Crippen MR) is 99.4 cm³/mol. The van der Waals surface area contributed by atoms with Crippen LogP contribution in [-0.4, -0.2) is 29.2 Å². The number of esters is 1. The highest BCUT2D eigenvalue weighted by atomic mass is 32.2. The van der Waals surface area contributed by atoms with Crippen LogP contribution in [0.5, 0.6) is 0 Å². The summed E-state index contributed by atoms with van der Waals surface area (Å²) < 4.78 is 4.90. The van der Waals surface area contributed by atoms with E-state index in [2.05, 4.69) is 11.9 Å². The lowest BCUT2D eigenvalue weighted by Crippen LogP contribution is -2.21. The molecule has 0 saturated heterocycles. The number of carbonyl (C=O) groups is 2. The summed E-state index contributed by atoms with van der Waals surface area (Å²) in [6.45, 7) is 3.10. The number of nitrogens with zero attached hydrogens (tertiary/aromatic N) is 1. The third kappa shape index (κ3) is 5.18. The smallest absolute Gasteiger partial charge is 0.345 e. The van der Waals surface area contributed by atoms with Crippen LogP contribution in [-0.2, 0) is 9.53 Å². The van der Waals surface area contributed by atoms with Gasteiger partial charge in [-0.2, -0.15) is 0 Å². The molecule has 0 saturated carbocycles. The van der Waals surface area contributed by atoms with E-state index in [1.165, 1.54) is 36.0 Å². The van der Waals surface area contributed by atoms with Crippen molar-refractivity contribution < 1.29 is 19.2 Å². The standard InChI is InChI=1S/C18H16N2O5S/c1-2-11-26-16-10-6-4-8-14(16)19-17(21)12-25-18(22)13-7-3-5-9-15(13)20(23)24/h2-10H,1,11-12H2,(H,19,21). The minimum atomic E-state index is -0.929. The Morgan fingerprint density at radius 3 is 2.62 bits per heavy atom. The molecule has 0 aromatic heterocycles. The van der Waals surface area contributed by atoms with Crippen molar-refractivity contribution in [2.75, 3.05) is 17.7 Å². The minimum absolute atomic E-state index is 0.202. The fourth-order valence-corrected chi connectivity index (χ4v) is 2.79. The van der Waals surface area contributed by atoms with Crippen LogP contribution >= 0.6 is 11.8 Å². The zero-order valence-corrected chi connectivity index (χ0v) is 14.5. The fourth-order valence-electron chi connectivity index (χ4n) is 2.05. The molecule has 26 heavy (non-hydrogen) atoms. The van der Waals surface area contributed by atoms with Gasteiger partial charge >= 0.3 is 5.97 Å². The van der Waals surface area contributed by atoms with Crippen LogP contribution in [0, 0.1) is 10.1 Å². The third-order valence-electron chi connectivity index (χ3n) is 3.17. The maximum Gasteiger partial charge on any atom is 0.345 e. The Hall–Kier alpha value is -3.13. The number of nitrogens with one attached hydrogen (secondary N) is 1. The molecule has 0 unspecified atom stereocenters. The molecule has 0 spiro atoms. The second-order valence-corrected chi connectivity index (χ2v) is 6.06. The molecule has 2 aromatic carbocycles. The van der Waals surface area contributed by atoms with Crippen molar-refractivity contribution in [2.45, 2.75) is 4.90 Å². The van der Waals surface area contributed by atoms with E-state index < -0.39 is 23.4 Å². The van der Waals surface area contributed by atoms with Crippen LogP contribution in [0.4, 0.5) is 11.4 Å². The number of nitro benzene ring substituents is 1. The lowest BCUT2D eigenvalue weighted by atomic mass is 10.2. The number of nitro groups is 1. The van der Waals surface area contributed by atoms with Crippen molar-refractivity contribution in [1.29, 1.82) is 0 Å². The van der Waals surface area contributed by atoms with Crippen LogP contribution in [0.3, 0.4) is 0 Å². The first kappa shape index (κ1) is 19.2. The zero-order chi connectivity index (χ0) is 18.9. The Kier molecular flexibility index (Phi) is 6.92. The topological polar surface area (TPSA) is 98.5 Å². The molecular formula is C18H16N2O5S. The maximum absolute atomic E-state index is 12.0. The number of ether oxygens (including phenoxy) is 1. The van der Waals surface area contributed by atoms with Gasteiger partial charge in [0.25, 0.3) is 11.6 Å². The molecule has 8 heteroatoms. The van der Waals surface area contributed by atoms with E-state index in [1.807, 2.05) is 12.1 Å². The number of benzene rings is 2. The SMILES string of the molecule is C=CCSc1ccccc1NC(=O)COC(=O)c1ccccc1[N+](=O)[O-]. The van der Waals surface area contributed by atoms with E-state index in [1.54, 1.807) is 18.2 Å². The second-order valence-electron chi connectivity index (χ2n) is 4.99. The van der Waals surface area contributed by atoms with Gasteiger partial charge in [-0.1, -0.05) is 30.3 Å². The number of amides is 1. The molecule has 0 bridgehead atoms. The minimum Gasteiger partial charge on any atom is -0.452 e. The zero-order valence-electron chi connectivity index (χ0n) is 13.7. The Balaban J connectivity index is 1.98. The molecule has 0 fully saturated rings. The van der Waals surface area contributed by atoms with Crippen LogP contribution < -0.4 is 5.32 Å². The highest BCUT2D eigenvalue weighted by Crippen LogP contribution is 2.27. The van der Waals surface area contributed by atoms with Gasteiger partial charge in [0.2, 0.25) is 0 Å². The first-order valence-corrected chi connectivity index (χ1v) is 8.54. The summed E-state index contributed by atoms with van der Waals surface area (Å²) in [5, 5.41) is 13.6. The van der Waals surface area contributed by atoms with Crippen molar-refractivity contribution in [2.24, 2.45) is 0 Å². The molecule has 0 aliphatic rings. The highest BCUT2D eigenvalue weighted by molar-refractivity contribution is 7.99. The molecule has 1 N–H and O–H groups in total.